The molecule has 0 radical (unpaired) electrons. The molecule has 8 heteroatoms. The van der Waals surface area contributed by atoms with Crippen LogP contribution in [0, 0.1) is 11.3 Å². The molecule has 4 aromatic rings. The molecule has 8 nitrogen and oxygen atoms in total. The van der Waals surface area contributed by atoms with E-state index in [0.717, 1.165) is 22.4 Å². The molecule has 4 rings (SSSR count). The Kier molecular flexibility index (Phi) is 4.56. The second-order valence-electron chi connectivity index (χ2n) is 6.06. The highest BCUT2D eigenvalue weighted by atomic mass is 16.5. The highest BCUT2D eigenvalue weighted by Gasteiger charge is 2.11. The van der Waals surface area contributed by atoms with Crippen LogP contribution in [0.2, 0.25) is 0 Å². The Labute approximate surface area is 161 Å². The fraction of sp³-hybridized carbons (Fsp3) is 0.150. The molecule has 0 atom stereocenters. The molecule has 0 amide bonds. The van der Waals surface area contributed by atoms with Crippen LogP contribution in [0.4, 0.5) is 17.2 Å². The summed E-state index contributed by atoms with van der Waals surface area (Å²) in [5.41, 5.74) is 4.07. The number of hydrogen-bond acceptors (Lipinski definition) is 7. The summed E-state index contributed by atoms with van der Waals surface area (Å²) >= 11 is 0. The van der Waals surface area contributed by atoms with Gasteiger partial charge in [-0.3, -0.25) is 4.40 Å². The molecule has 0 unspecified atom stereocenters. The zero-order chi connectivity index (χ0) is 19.5. The highest BCUT2D eigenvalue weighted by Crippen LogP contribution is 2.26. The molecule has 0 aliphatic heterocycles. The Morgan fingerprint density at radius 3 is 2.68 bits per heavy atom. The molecule has 0 fully saturated rings. The van der Waals surface area contributed by atoms with Gasteiger partial charge >= 0.3 is 0 Å². The third-order valence-corrected chi connectivity index (χ3v) is 4.43. The quantitative estimate of drug-likeness (QED) is 0.446. The predicted octanol–water partition coefficient (Wildman–Crippen LogP) is 3.29. The topological polar surface area (TPSA) is 99.3 Å². The highest BCUT2D eigenvalue weighted by molar-refractivity contribution is 5.80. The first-order valence-electron chi connectivity index (χ1n) is 8.77. The van der Waals surface area contributed by atoms with Gasteiger partial charge in [0.15, 0.2) is 12.5 Å². The fourth-order valence-corrected chi connectivity index (χ4v) is 3.03. The summed E-state index contributed by atoms with van der Waals surface area (Å²) in [6.07, 6.45) is 1.74. The molecule has 2 heterocycles. The number of anilines is 3. The molecule has 0 spiro atoms. The Morgan fingerprint density at radius 2 is 1.89 bits per heavy atom. The third-order valence-electron chi connectivity index (χ3n) is 4.43. The standard InChI is InChI=1S/C20H19N7O/c1-22-15-8-7-14(9-17(15)23-2)28-12-24-19-13(10-21)11-27-18-6-4-3-5-16(18)25-20(27)26-19/h3-9,11,22-23H,12H2,1-2H3,(H,24,25,26). The first-order valence-corrected chi connectivity index (χ1v) is 8.77. The van der Waals surface area contributed by atoms with Crippen molar-refractivity contribution in [3.8, 4) is 11.8 Å². The van der Waals surface area contributed by atoms with Crippen LogP contribution in [0.25, 0.3) is 16.8 Å². The van der Waals surface area contributed by atoms with E-state index >= 15 is 0 Å². The Morgan fingerprint density at radius 1 is 1.07 bits per heavy atom. The monoisotopic (exact) mass is 373 g/mol. The van der Waals surface area contributed by atoms with Crippen LogP contribution in [0.3, 0.4) is 0 Å². The summed E-state index contributed by atoms with van der Waals surface area (Å²) in [6.45, 7) is 0.167. The summed E-state index contributed by atoms with van der Waals surface area (Å²) < 4.78 is 7.58. The lowest BCUT2D eigenvalue weighted by Gasteiger charge is -2.13. The minimum atomic E-state index is 0.167. The molecule has 0 aliphatic carbocycles. The lowest BCUT2D eigenvalue weighted by Crippen LogP contribution is -2.12. The molecule has 0 saturated heterocycles. The maximum atomic E-state index is 9.51. The Balaban J connectivity index is 1.56. The molecular weight excluding hydrogens is 354 g/mol. The van der Waals surface area contributed by atoms with E-state index in [9.17, 15) is 5.26 Å². The molecule has 2 aromatic carbocycles. The van der Waals surface area contributed by atoms with Crippen molar-refractivity contribution in [2.45, 2.75) is 0 Å². The fourth-order valence-electron chi connectivity index (χ4n) is 3.03. The number of hydrogen-bond donors (Lipinski definition) is 3. The largest absolute Gasteiger partial charge is 0.473 e. The summed E-state index contributed by atoms with van der Waals surface area (Å²) in [6, 6.07) is 15.6. The van der Waals surface area contributed by atoms with E-state index in [1.165, 1.54) is 0 Å². The average Bonchev–Trinajstić information content (AvgIpc) is 3.10. The van der Waals surface area contributed by atoms with Crippen LogP contribution >= 0.6 is 0 Å². The molecule has 2 aromatic heterocycles. The Bertz CT molecular complexity index is 1190. The lowest BCUT2D eigenvalue weighted by atomic mass is 10.2. The third kappa shape index (κ3) is 3.10. The normalized spacial score (nSPS) is 10.6. The maximum absolute atomic E-state index is 9.51. The zero-order valence-corrected chi connectivity index (χ0v) is 15.5. The average molecular weight is 373 g/mol. The summed E-state index contributed by atoms with van der Waals surface area (Å²) in [5.74, 6) is 1.66. The number of fused-ring (bicyclic) bond motifs is 3. The van der Waals surface area contributed by atoms with Crippen molar-refractivity contribution in [3.05, 3.63) is 54.2 Å². The number of imidazole rings is 1. The molecule has 140 valence electrons. The van der Waals surface area contributed by atoms with Crippen molar-refractivity contribution in [1.82, 2.24) is 14.4 Å². The first kappa shape index (κ1) is 17.4. The van der Waals surface area contributed by atoms with Crippen molar-refractivity contribution in [2.75, 3.05) is 36.8 Å². The number of nitrogens with zero attached hydrogens (tertiary/aromatic N) is 4. The van der Waals surface area contributed by atoms with Gasteiger partial charge in [-0.1, -0.05) is 12.1 Å². The van der Waals surface area contributed by atoms with Gasteiger partial charge in [-0.15, -0.1) is 0 Å². The number of nitrogens with one attached hydrogen (secondary N) is 3. The molecule has 0 bridgehead atoms. The van der Waals surface area contributed by atoms with Crippen LogP contribution < -0.4 is 20.7 Å². The van der Waals surface area contributed by atoms with E-state index in [0.29, 0.717) is 22.9 Å². The summed E-state index contributed by atoms with van der Waals surface area (Å²) in [4.78, 5) is 9.00. The summed E-state index contributed by atoms with van der Waals surface area (Å²) in [5, 5.41) is 18.8. The van der Waals surface area contributed by atoms with Crippen LogP contribution in [0.5, 0.6) is 5.75 Å². The first-order chi connectivity index (χ1) is 13.7. The minimum Gasteiger partial charge on any atom is -0.473 e. The van der Waals surface area contributed by atoms with Crippen molar-refractivity contribution in [1.29, 1.82) is 5.26 Å². The second kappa shape index (κ2) is 7.32. The van der Waals surface area contributed by atoms with E-state index < -0.39 is 0 Å². The zero-order valence-electron chi connectivity index (χ0n) is 15.5. The van der Waals surface area contributed by atoms with Gasteiger partial charge in [0.1, 0.15) is 17.4 Å². The van der Waals surface area contributed by atoms with E-state index in [2.05, 4.69) is 32.0 Å². The van der Waals surface area contributed by atoms with Crippen LogP contribution in [-0.4, -0.2) is 35.2 Å². The number of nitriles is 1. The number of rotatable bonds is 6. The van der Waals surface area contributed by atoms with Gasteiger partial charge in [0.2, 0.25) is 5.78 Å². The van der Waals surface area contributed by atoms with E-state index in [1.54, 1.807) is 6.20 Å². The minimum absolute atomic E-state index is 0.167. The number of para-hydroxylation sites is 2. The van der Waals surface area contributed by atoms with Crippen molar-refractivity contribution >= 4 is 34.0 Å². The molecule has 3 N–H and O–H groups in total. The second-order valence-corrected chi connectivity index (χ2v) is 6.06. The molecule has 0 saturated carbocycles. The van der Waals surface area contributed by atoms with Crippen LogP contribution in [-0.2, 0) is 0 Å². The van der Waals surface area contributed by atoms with Crippen molar-refractivity contribution in [2.24, 2.45) is 0 Å². The van der Waals surface area contributed by atoms with Gasteiger partial charge in [0.05, 0.1) is 22.4 Å². The van der Waals surface area contributed by atoms with Gasteiger partial charge in [0, 0.05) is 26.4 Å². The van der Waals surface area contributed by atoms with Crippen LogP contribution in [0.15, 0.2) is 48.7 Å². The summed E-state index contributed by atoms with van der Waals surface area (Å²) in [7, 11) is 3.72. The number of benzene rings is 2. The maximum Gasteiger partial charge on any atom is 0.236 e. The van der Waals surface area contributed by atoms with Crippen molar-refractivity contribution < 1.29 is 4.74 Å². The van der Waals surface area contributed by atoms with E-state index in [4.69, 9.17) is 4.74 Å². The Hall–Kier alpha value is -3.99. The molecular formula is C20H19N7O. The van der Waals surface area contributed by atoms with Crippen molar-refractivity contribution in [3.63, 3.8) is 0 Å². The molecule has 0 aliphatic rings. The van der Waals surface area contributed by atoms with Gasteiger partial charge in [-0.05, 0) is 24.3 Å². The van der Waals surface area contributed by atoms with Gasteiger partial charge in [-0.25, -0.2) is 4.98 Å². The SMILES string of the molecule is CNc1ccc(OCNc2nc3nc4ccccc4n3cc2C#N)cc1NC. The molecule has 28 heavy (non-hydrogen) atoms. The number of ether oxygens (including phenoxy) is 1. The smallest absolute Gasteiger partial charge is 0.236 e. The van der Waals surface area contributed by atoms with Gasteiger partial charge in [-0.2, -0.15) is 10.2 Å². The lowest BCUT2D eigenvalue weighted by molar-refractivity contribution is 0.346. The number of aromatic nitrogens is 3. The van der Waals surface area contributed by atoms with E-state index in [-0.39, 0.29) is 6.73 Å². The van der Waals surface area contributed by atoms with Gasteiger partial charge in [0.25, 0.3) is 0 Å². The predicted molar refractivity (Wildman–Crippen MR) is 110 cm³/mol. The van der Waals surface area contributed by atoms with Gasteiger partial charge < -0.3 is 20.7 Å². The van der Waals surface area contributed by atoms with Crippen LogP contribution in [0.1, 0.15) is 5.56 Å². The van der Waals surface area contributed by atoms with E-state index in [1.807, 2.05) is 61.0 Å².